The molecule has 0 unspecified atom stereocenters. The fourth-order valence-corrected chi connectivity index (χ4v) is 1.32. The van der Waals surface area contributed by atoms with Gasteiger partial charge in [0.15, 0.2) is 0 Å². The molecule has 14 heavy (non-hydrogen) atoms. The Morgan fingerprint density at radius 3 is 2.50 bits per heavy atom. The average Bonchev–Trinajstić information content (AvgIpc) is 2.19. The molecule has 0 saturated heterocycles. The maximum absolute atomic E-state index is 10.9. The molecule has 0 fully saturated rings. The van der Waals surface area contributed by atoms with Gasteiger partial charge in [-0.05, 0) is 12.1 Å². The number of benzene rings is 1. The molecule has 0 amide bonds. The van der Waals surface area contributed by atoms with Crippen molar-refractivity contribution in [2.45, 2.75) is 0 Å². The van der Waals surface area contributed by atoms with E-state index in [4.69, 9.17) is 0 Å². The number of aromatic amines is 1. The molecular formula is C9H6BrN3O. The van der Waals surface area contributed by atoms with Crippen molar-refractivity contribution in [1.82, 2.24) is 15.0 Å². The highest BCUT2D eigenvalue weighted by Gasteiger charge is 1.99. The topological polar surface area (TPSA) is 58.6 Å². The molecule has 0 bridgehead atoms. The van der Waals surface area contributed by atoms with E-state index >= 15 is 0 Å². The van der Waals surface area contributed by atoms with E-state index in [-0.39, 0.29) is 0 Å². The Hall–Kier alpha value is -1.49. The molecule has 0 saturated carbocycles. The lowest BCUT2D eigenvalue weighted by Gasteiger charge is -1.98. The lowest BCUT2D eigenvalue weighted by molar-refractivity contribution is 0.994. The fraction of sp³-hybridized carbons (Fsp3) is 0. The first-order valence-corrected chi connectivity index (χ1v) is 4.72. The second kappa shape index (κ2) is 3.71. The van der Waals surface area contributed by atoms with Gasteiger partial charge in [-0.1, -0.05) is 28.1 Å². The van der Waals surface area contributed by atoms with Crippen LogP contribution in [0.1, 0.15) is 0 Å². The SMILES string of the molecule is O=c1ncnc(-c2ccc(Br)cc2)[nH]1. The molecule has 0 spiro atoms. The highest BCUT2D eigenvalue weighted by atomic mass is 79.9. The first-order chi connectivity index (χ1) is 6.75. The van der Waals surface area contributed by atoms with Crippen molar-refractivity contribution >= 4 is 15.9 Å². The van der Waals surface area contributed by atoms with Gasteiger partial charge in [0, 0.05) is 10.0 Å². The third-order valence-corrected chi connectivity index (χ3v) is 2.23. The van der Waals surface area contributed by atoms with Crippen molar-refractivity contribution < 1.29 is 0 Å². The summed E-state index contributed by atoms with van der Waals surface area (Å²) >= 11 is 3.33. The second-order valence-corrected chi connectivity index (χ2v) is 3.57. The number of halogens is 1. The number of hydrogen-bond donors (Lipinski definition) is 1. The van der Waals surface area contributed by atoms with E-state index in [0.717, 1.165) is 10.0 Å². The molecule has 70 valence electrons. The molecular weight excluding hydrogens is 246 g/mol. The van der Waals surface area contributed by atoms with Crippen molar-refractivity contribution in [2.75, 3.05) is 0 Å². The molecule has 5 heteroatoms. The average molecular weight is 252 g/mol. The monoisotopic (exact) mass is 251 g/mol. The Morgan fingerprint density at radius 2 is 1.86 bits per heavy atom. The van der Waals surface area contributed by atoms with Gasteiger partial charge < -0.3 is 0 Å². The lowest BCUT2D eigenvalue weighted by Crippen LogP contribution is -2.11. The van der Waals surface area contributed by atoms with Crippen LogP contribution < -0.4 is 5.69 Å². The molecule has 0 aliphatic rings. The molecule has 1 N–H and O–H groups in total. The van der Waals surface area contributed by atoms with Gasteiger partial charge in [-0.15, -0.1) is 0 Å². The Morgan fingerprint density at radius 1 is 1.14 bits per heavy atom. The van der Waals surface area contributed by atoms with Crippen molar-refractivity contribution in [1.29, 1.82) is 0 Å². The molecule has 0 radical (unpaired) electrons. The summed E-state index contributed by atoms with van der Waals surface area (Å²) in [5.41, 5.74) is 0.464. The third-order valence-electron chi connectivity index (χ3n) is 1.70. The van der Waals surface area contributed by atoms with Crippen LogP contribution in [0.3, 0.4) is 0 Å². The normalized spacial score (nSPS) is 10.1. The van der Waals surface area contributed by atoms with Gasteiger partial charge in [-0.2, -0.15) is 4.98 Å². The molecule has 1 heterocycles. The number of H-pyrrole nitrogens is 1. The molecule has 0 atom stereocenters. The Kier molecular flexibility index (Phi) is 2.41. The quantitative estimate of drug-likeness (QED) is 0.838. The number of aromatic nitrogens is 3. The summed E-state index contributed by atoms with van der Waals surface area (Å²) in [7, 11) is 0. The molecule has 0 aliphatic carbocycles. The first kappa shape index (κ1) is 9.08. The molecule has 1 aromatic carbocycles. The molecule has 0 aliphatic heterocycles. The van der Waals surface area contributed by atoms with Crippen LogP contribution in [0.25, 0.3) is 11.4 Å². The maximum atomic E-state index is 10.9. The van der Waals surface area contributed by atoms with Gasteiger partial charge >= 0.3 is 5.69 Å². The van der Waals surface area contributed by atoms with E-state index in [2.05, 4.69) is 30.9 Å². The van der Waals surface area contributed by atoms with Crippen LogP contribution in [0.4, 0.5) is 0 Å². The minimum absolute atomic E-state index is 0.391. The smallest absolute Gasteiger partial charge is 0.290 e. The van der Waals surface area contributed by atoms with Gasteiger partial charge in [-0.3, -0.25) is 4.98 Å². The molecule has 2 rings (SSSR count). The molecule has 2 aromatic rings. The minimum Gasteiger partial charge on any atom is -0.290 e. The van der Waals surface area contributed by atoms with Gasteiger partial charge in [0.2, 0.25) is 0 Å². The van der Waals surface area contributed by atoms with Gasteiger partial charge in [0.05, 0.1) is 0 Å². The van der Waals surface area contributed by atoms with Gasteiger partial charge in [-0.25, -0.2) is 9.78 Å². The van der Waals surface area contributed by atoms with Crippen molar-refractivity contribution in [2.24, 2.45) is 0 Å². The summed E-state index contributed by atoms with van der Waals surface area (Å²) in [5.74, 6) is 0.525. The predicted octanol–water partition coefficient (Wildman–Crippen LogP) is 1.59. The number of hydrogen-bond acceptors (Lipinski definition) is 3. The first-order valence-electron chi connectivity index (χ1n) is 3.93. The summed E-state index contributed by atoms with van der Waals surface area (Å²) in [4.78, 5) is 20.9. The van der Waals surface area contributed by atoms with Crippen LogP contribution in [0.5, 0.6) is 0 Å². The molecule has 1 aromatic heterocycles. The minimum atomic E-state index is -0.391. The maximum Gasteiger partial charge on any atom is 0.348 e. The lowest BCUT2D eigenvalue weighted by atomic mass is 10.2. The number of nitrogens with one attached hydrogen (secondary N) is 1. The largest absolute Gasteiger partial charge is 0.348 e. The van der Waals surface area contributed by atoms with Crippen LogP contribution in [0.15, 0.2) is 39.9 Å². The molecule has 4 nitrogen and oxygen atoms in total. The second-order valence-electron chi connectivity index (χ2n) is 2.66. The van der Waals surface area contributed by atoms with Crippen LogP contribution in [0.2, 0.25) is 0 Å². The Labute approximate surface area is 88.2 Å². The highest BCUT2D eigenvalue weighted by molar-refractivity contribution is 9.10. The van der Waals surface area contributed by atoms with Crippen molar-refractivity contribution in [3.05, 3.63) is 45.5 Å². The van der Waals surface area contributed by atoms with E-state index < -0.39 is 5.69 Å². The van der Waals surface area contributed by atoms with Gasteiger partial charge in [0.25, 0.3) is 0 Å². The summed E-state index contributed by atoms with van der Waals surface area (Å²) in [6.07, 6.45) is 1.25. The Balaban J connectivity index is 2.50. The zero-order valence-corrected chi connectivity index (χ0v) is 8.65. The van der Waals surface area contributed by atoms with E-state index in [1.54, 1.807) is 0 Å². The summed E-state index contributed by atoms with van der Waals surface area (Å²) < 4.78 is 0.984. The standard InChI is InChI=1S/C9H6BrN3O/c10-7-3-1-6(2-4-7)8-11-5-12-9(14)13-8/h1-5H,(H,11,12,13,14). The van der Waals surface area contributed by atoms with E-state index in [0.29, 0.717) is 5.82 Å². The van der Waals surface area contributed by atoms with Crippen LogP contribution in [-0.2, 0) is 0 Å². The zero-order chi connectivity index (χ0) is 9.97. The van der Waals surface area contributed by atoms with Crippen LogP contribution in [-0.4, -0.2) is 15.0 Å². The summed E-state index contributed by atoms with van der Waals surface area (Å²) in [5, 5.41) is 0. The fourth-order valence-electron chi connectivity index (χ4n) is 1.06. The van der Waals surface area contributed by atoms with Gasteiger partial charge in [0.1, 0.15) is 12.2 Å². The zero-order valence-electron chi connectivity index (χ0n) is 7.07. The van der Waals surface area contributed by atoms with Crippen LogP contribution in [0, 0.1) is 0 Å². The number of nitrogens with zero attached hydrogens (tertiary/aromatic N) is 2. The predicted molar refractivity (Wildman–Crippen MR) is 55.8 cm³/mol. The number of rotatable bonds is 1. The summed E-state index contributed by atoms with van der Waals surface area (Å²) in [6.45, 7) is 0. The van der Waals surface area contributed by atoms with E-state index in [1.807, 2.05) is 24.3 Å². The summed E-state index contributed by atoms with van der Waals surface area (Å²) in [6, 6.07) is 7.50. The third kappa shape index (κ3) is 1.88. The van der Waals surface area contributed by atoms with E-state index in [9.17, 15) is 4.79 Å². The van der Waals surface area contributed by atoms with Crippen molar-refractivity contribution in [3.63, 3.8) is 0 Å². The van der Waals surface area contributed by atoms with E-state index in [1.165, 1.54) is 6.33 Å². The Bertz CT molecular complexity index is 492. The highest BCUT2D eigenvalue weighted by Crippen LogP contribution is 2.16. The van der Waals surface area contributed by atoms with Crippen molar-refractivity contribution in [3.8, 4) is 11.4 Å². The van der Waals surface area contributed by atoms with Crippen LogP contribution >= 0.6 is 15.9 Å².